The Balaban J connectivity index is 2.45. The molecule has 6 nitrogen and oxygen atoms in total. The molecule has 0 unspecified atom stereocenters. The normalized spacial score (nSPS) is 17.9. The second kappa shape index (κ2) is 6.51. The number of morpholine rings is 1. The molecule has 6 heteroatoms. The predicted molar refractivity (Wildman–Crippen MR) is 65.7 cm³/mol. The quantitative estimate of drug-likeness (QED) is 0.550. The lowest BCUT2D eigenvalue weighted by atomic mass is 9.84. The van der Waals surface area contributed by atoms with Gasteiger partial charge in [-0.05, 0) is 0 Å². The number of nitrogens with one attached hydrogen (secondary N) is 1. The van der Waals surface area contributed by atoms with Crippen LogP contribution in [0.2, 0.25) is 0 Å². The Hall–Kier alpha value is -1.40. The van der Waals surface area contributed by atoms with Gasteiger partial charge in [0.15, 0.2) is 5.78 Å². The smallest absolute Gasteiger partial charge is 0.235 e. The van der Waals surface area contributed by atoms with E-state index in [-0.39, 0.29) is 18.1 Å². The van der Waals surface area contributed by atoms with Crippen LogP contribution in [0.3, 0.4) is 0 Å². The van der Waals surface area contributed by atoms with E-state index in [4.69, 9.17) is 9.84 Å². The van der Waals surface area contributed by atoms with Gasteiger partial charge in [0.1, 0.15) is 0 Å². The molecule has 0 aromatic heterocycles. The van der Waals surface area contributed by atoms with Crippen molar-refractivity contribution in [2.24, 2.45) is 5.41 Å². The summed E-state index contributed by atoms with van der Waals surface area (Å²) >= 11 is 0. The van der Waals surface area contributed by atoms with Crippen molar-refractivity contribution in [3.05, 3.63) is 12.3 Å². The van der Waals surface area contributed by atoms with Crippen molar-refractivity contribution < 1.29 is 19.4 Å². The minimum Gasteiger partial charge on any atom is -0.515 e. The summed E-state index contributed by atoms with van der Waals surface area (Å²) in [5.74, 6) is -0.483. The number of hydrogen-bond donors (Lipinski definition) is 2. The zero-order valence-electron chi connectivity index (χ0n) is 10.8. The standard InChI is InChI=1S/C12H20N2O4/c1-12(2,10(16)3-6-15)9-11(17)13-14-4-7-18-8-5-14/h3,6,15H,4-5,7-9H2,1-2H3,(H,13,17)/b6-3-. The van der Waals surface area contributed by atoms with Crippen LogP contribution in [0.4, 0.5) is 0 Å². The van der Waals surface area contributed by atoms with E-state index in [9.17, 15) is 9.59 Å². The first-order valence-corrected chi connectivity index (χ1v) is 5.93. The lowest BCUT2D eigenvalue weighted by molar-refractivity contribution is -0.134. The number of hydrogen-bond acceptors (Lipinski definition) is 5. The maximum absolute atomic E-state index is 11.8. The van der Waals surface area contributed by atoms with Crippen LogP contribution in [0.5, 0.6) is 0 Å². The molecule has 1 heterocycles. The number of amides is 1. The first-order valence-electron chi connectivity index (χ1n) is 5.93. The number of aliphatic hydroxyl groups is 1. The number of ether oxygens (including phenoxy) is 1. The van der Waals surface area contributed by atoms with Crippen molar-refractivity contribution in [3.63, 3.8) is 0 Å². The molecule has 1 saturated heterocycles. The number of hydrazine groups is 1. The molecule has 102 valence electrons. The monoisotopic (exact) mass is 256 g/mol. The van der Waals surface area contributed by atoms with Crippen molar-refractivity contribution in [1.82, 2.24) is 10.4 Å². The fourth-order valence-electron chi connectivity index (χ4n) is 1.67. The summed E-state index contributed by atoms with van der Waals surface area (Å²) in [7, 11) is 0. The molecule has 1 amide bonds. The number of nitrogens with zero attached hydrogens (tertiary/aromatic N) is 1. The van der Waals surface area contributed by atoms with E-state index >= 15 is 0 Å². The Morgan fingerprint density at radius 2 is 2.00 bits per heavy atom. The SMILES string of the molecule is CC(C)(CC(=O)NN1CCOCC1)C(=O)/C=C\O. The van der Waals surface area contributed by atoms with Gasteiger partial charge in [-0.2, -0.15) is 0 Å². The van der Waals surface area contributed by atoms with Crippen LogP contribution in [0, 0.1) is 5.41 Å². The van der Waals surface area contributed by atoms with Crippen molar-refractivity contribution >= 4 is 11.7 Å². The van der Waals surface area contributed by atoms with Crippen molar-refractivity contribution in [3.8, 4) is 0 Å². The molecule has 0 saturated carbocycles. The summed E-state index contributed by atoms with van der Waals surface area (Å²) in [6.45, 7) is 5.83. The van der Waals surface area contributed by atoms with Crippen LogP contribution in [0.1, 0.15) is 20.3 Å². The van der Waals surface area contributed by atoms with Crippen LogP contribution in [-0.4, -0.2) is 48.1 Å². The third kappa shape index (κ3) is 4.46. The highest BCUT2D eigenvalue weighted by molar-refractivity contribution is 5.96. The number of carbonyl (C=O) groups is 2. The number of ketones is 1. The van der Waals surface area contributed by atoms with Gasteiger partial charge in [-0.3, -0.25) is 15.0 Å². The molecule has 0 atom stereocenters. The second-order valence-electron chi connectivity index (χ2n) is 4.88. The molecule has 0 aliphatic carbocycles. The predicted octanol–water partition coefficient (Wildman–Crippen LogP) is 0.407. The first-order chi connectivity index (χ1) is 8.45. The van der Waals surface area contributed by atoms with Gasteiger partial charge in [0, 0.05) is 31.0 Å². The Bertz CT molecular complexity index is 333. The summed E-state index contributed by atoms with van der Waals surface area (Å²) < 4.78 is 5.17. The molecule has 0 bridgehead atoms. The van der Waals surface area contributed by atoms with Crippen LogP contribution in [0.25, 0.3) is 0 Å². The van der Waals surface area contributed by atoms with Crippen LogP contribution >= 0.6 is 0 Å². The molecule has 1 aliphatic heterocycles. The fourth-order valence-corrected chi connectivity index (χ4v) is 1.67. The molecule has 1 fully saturated rings. The highest BCUT2D eigenvalue weighted by atomic mass is 16.5. The average molecular weight is 256 g/mol. The van der Waals surface area contributed by atoms with Crippen LogP contribution < -0.4 is 5.43 Å². The van der Waals surface area contributed by atoms with E-state index in [0.29, 0.717) is 32.6 Å². The topological polar surface area (TPSA) is 78.9 Å². The minimum absolute atomic E-state index is 0.0769. The Morgan fingerprint density at radius 1 is 1.39 bits per heavy atom. The Labute approximate surface area is 107 Å². The van der Waals surface area contributed by atoms with E-state index < -0.39 is 5.41 Å². The molecular formula is C12H20N2O4. The third-order valence-corrected chi connectivity index (χ3v) is 2.79. The van der Waals surface area contributed by atoms with E-state index in [1.807, 2.05) is 0 Å². The highest BCUT2D eigenvalue weighted by Gasteiger charge is 2.29. The lowest BCUT2D eigenvalue weighted by Crippen LogP contribution is -2.49. The van der Waals surface area contributed by atoms with Gasteiger partial charge in [0.2, 0.25) is 5.91 Å². The Kier molecular flexibility index (Phi) is 5.30. The molecule has 2 N–H and O–H groups in total. The molecule has 0 aromatic carbocycles. The number of aliphatic hydroxyl groups excluding tert-OH is 1. The number of allylic oxidation sites excluding steroid dienone is 1. The summed E-state index contributed by atoms with van der Waals surface area (Å²) in [5.41, 5.74) is 1.92. The van der Waals surface area contributed by atoms with Crippen molar-refractivity contribution in [2.75, 3.05) is 26.3 Å². The van der Waals surface area contributed by atoms with Gasteiger partial charge in [0.05, 0.1) is 19.5 Å². The summed E-state index contributed by atoms with van der Waals surface area (Å²) in [6, 6.07) is 0. The van der Waals surface area contributed by atoms with Gasteiger partial charge in [0.25, 0.3) is 0 Å². The number of carbonyl (C=O) groups excluding carboxylic acids is 2. The largest absolute Gasteiger partial charge is 0.515 e. The molecule has 0 radical (unpaired) electrons. The van der Waals surface area contributed by atoms with Crippen molar-refractivity contribution in [2.45, 2.75) is 20.3 Å². The molecule has 0 spiro atoms. The van der Waals surface area contributed by atoms with E-state index in [1.165, 1.54) is 0 Å². The molecule has 0 aromatic rings. The summed E-state index contributed by atoms with van der Waals surface area (Å²) in [6.07, 6.45) is 1.85. The zero-order chi connectivity index (χ0) is 13.6. The second-order valence-corrected chi connectivity index (χ2v) is 4.88. The summed E-state index contributed by atoms with van der Waals surface area (Å²) in [4.78, 5) is 23.4. The molecule has 1 rings (SSSR count). The Morgan fingerprint density at radius 3 is 2.56 bits per heavy atom. The van der Waals surface area contributed by atoms with Gasteiger partial charge >= 0.3 is 0 Å². The number of rotatable bonds is 5. The maximum Gasteiger partial charge on any atom is 0.235 e. The fraction of sp³-hybridized carbons (Fsp3) is 0.667. The van der Waals surface area contributed by atoms with Crippen LogP contribution in [-0.2, 0) is 14.3 Å². The van der Waals surface area contributed by atoms with Crippen molar-refractivity contribution in [1.29, 1.82) is 0 Å². The van der Waals surface area contributed by atoms with E-state index in [2.05, 4.69) is 5.43 Å². The first kappa shape index (κ1) is 14.7. The molecule has 1 aliphatic rings. The average Bonchev–Trinajstić information content (AvgIpc) is 2.29. The zero-order valence-corrected chi connectivity index (χ0v) is 10.8. The molecular weight excluding hydrogens is 236 g/mol. The van der Waals surface area contributed by atoms with E-state index in [0.717, 1.165) is 6.08 Å². The summed E-state index contributed by atoms with van der Waals surface area (Å²) in [5, 5.41) is 10.4. The van der Waals surface area contributed by atoms with Gasteiger partial charge in [-0.15, -0.1) is 0 Å². The highest BCUT2D eigenvalue weighted by Crippen LogP contribution is 2.22. The van der Waals surface area contributed by atoms with Gasteiger partial charge < -0.3 is 9.84 Å². The molecule has 18 heavy (non-hydrogen) atoms. The minimum atomic E-state index is -0.824. The van der Waals surface area contributed by atoms with Gasteiger partial charge in [-0.1, -0.05) is 13.8 Å². The maximum atomic E-state index is 11.8. The van der Waals surface area contributed by atoms with Crippen LogP contribution in [0.15, 0.2) is 12.3 Å². The van der Waals surface area contributed by atoms with Gasteiger partial charge in [-0.25, -0.2) is 5.01 Å². The lowest BCUT2D eigenvalue weighted by Gasteiger charge is -2.28. The van der Waals surface area contributed by atoms with E-state index in [1.54, 1.807) is 18.9 Å². The third-order valence-electron chi connectivity index (χ3n) is 2.79.